The van der Waals surface area contributed by atoms with Crippen molar-refractivity contribution in [3.63, 3.8) is 0 Å². The van der Waals surface area contributed by atoms with Crippen LogP contribution in [0.15, 0.2) is 18.2 Å². The van der Waals surface area contributed by atoms with Crippen molar-refractivity contribution in [1.82, 2.24) is 4.90 Å². The van der Waals surface area contributed by atoms with Crippen molar-refractivity contribution in [3.8, 4) is 5.75 Å². The maximum atomic E-state index is 6.05. The van der Waals surface area contributed by atoms with E-state index in [1.54, 1.807) is 7.11 Å². The Morgan fingerprint density at radius 2 is 2.08 bits per heavy atom. The predicted octanol–water partition coefficient (Wildman–Crippen LogP) is 2.41. The van der Waals surface area contributed by atoms with Crippen LogP contribution in [0.25, 0.3) is 0 Å². The van der Waals surface area contributed by atoms with Gasteiger partial charge in [0, 0.05) is 11.6 Å². The molecule has 1 aromatic rings. The van der Waals surface area contributed by atoms with E-state index in [1.165, 1.54) is 0 Å². The summed E-state index contributed by atoms with van der Waals surface area (Å²) in [6.45, 7) is 0.850. The highest BCUT2D eigenvalue weighted by molar-refractivity contribution is 6.31. The number of benzene rings is 1. The molecule has 2 nitrogen and oxygen atoms in total. The summed E-state index contributed by atoms with van der Waals surface area (Å²) in [4.78, 5) is 2.08. The Balaban J connectivity index is 2.85. The molecular weight excluding hydrogens is 186 g/mol. The van der Waals surface area contributed by atoms with E-state index in [0.717, 1.165) is 22.9 Å². The molecule has 3 heteroatoms. The van der Waals surface area contributed by atoms with Gasteiger partial charge in [-0.1, -0.05) is 17.7 Å². The fraction of sp³-hybridized carbons (Fsp3) is 0.400. The fourth-order valence-electron chi connectivity index (χ4n) is 1.12. The van der Waals surface area contributed by atoms with Gasteiger partial charge in [-0.2, -0.15) is 0 Å². The topological polar surface area (TPSA) is 12.5 Å². The van der Waals surface area contributed by atoms with Gasteiger partial charge in [-0.15, -0.1) is 0 Å². The molecule has 0 atom stereocenters. The maximum Gasteiger partial charge on any atom is 0.120 e. The summed E-state index contributed by atoms with van der Waals surface area (Å²) >= 11 is 6.05. The molecule has 0 heterocycles. The molecule has 0 radical (unpaired) electrons. The van der Waals surface area contributed by atoms with Crippen molar-refractivity contribution in [2.24, 2.45) is 0 Å². The van der Waals surface area contributed by atoms with Crippen LogP contribution in [0.5, 0.6) is 5.75 Å². The van der Waals surface area contributed by atoms with E-state index < -0.39 is 0 Å². The molecule has 13 heavy (non-hydrogen) atoms. The summed E-state index contributed by atoms with van der Waals surface area (Å²) in [5.41, 5.74) is 1.12. The van der Waals surface area contributed by atoms with Crippen LogP contribution in [0.4, 0.5) is 0 Å². The van der Waals surface area contributed by atoms with Crippen molar-refractivity contribution in [2.75, 3.05) is 21.2 Å². The zero-order chi connectivity index (χ0) is 9.84. The Labute approximate surface area is 84.1 Å². The fourth-order valence-corrected chi connectivity index (χ4v) is 1.35. The number of rotatable bonds is 3. The summed E-state index contributed by atoms with van der Waals surface area (Å²) in [6.07, 6.45) is 0. The van der Waals surface area contributed by atoms with E-state index in [1.807, 2.05) is 32.3 Å². The van der Waals surface area contributed by atoms with E-state index in [2.05, 4.69) is 4.90 Å². The lowest BCUT2D eigenvalue weighted by Crippen LogP contribution is -2.10. The standard InChI is InChI=1S/C10H14ClNO/c1-12(2)7-8-4-5-9(13-3)6-10(8)11/h4-6H,7H2,1-3H3. The Morgan fingerprint density at radius 1 is 1.38 bits per heavy atom. The second-order valence-electron chi connectivity index (χ2n) is 3.20. The van der Waals surface area contributed by atoms with Crippen LogP contribution in [-0.2, 0) is 6.54 Å². The normalized spacial score (nSPS) is 10.5. The van der Waals surface area contributed by atoms with Gasteiger partial charge in [0.15, 0.2) is 0 Å². The minimum absolute atomic E-state index is 0.757. The molecule has 1 rings (SSSR count). The van der Waals surface area contributed by atoms with Crippen LogP contribution in [-0.4, -0.2) is 26.1 Å². The smallest absolute Gasteiger partial charge is 0.120 e. The van der Waals surface area contributed by atoms with Crippen molar-refractivity contribution in [2.45, 2.75) is 6.54 Å². The summed E-state index contributed by atoms with van der Waals surface area (Å²) in [5, 5.41) is 0.757. The highest BCUT2D eigenvalue weighted by Crippen LogP contribution is 2.22. The molecule has 72 valence electrons. The SMILES string of the molecule is COc1ccc(CN(C)C)c(Cl)c1. The van der Waals surface area contributed by atoms with Gasteiger partial charge in [0.25, 0.3) is 0 Å². The number of methoxy groups -OCH3 is 1. The van der Waals surface area contributed by atoms with Crippen LogP contribution in [0.1, 0.15) is 5.56 Å². The molecular formula is C10H14ClNO. The number of hydrogen-bond acceptors (Lipinski definition) is 2. The summed E-state index contributed by atoms with van der Waals surface area (Å²) < 4.78 is 5.06. The van der Waals surface area contributed by atoms with E-state index >= 15 is 0 Å². The molecule has 0 aliphatic heterocycles. The summed E-state index contributed by atoms with van der Waals surface area (Å²) in [6, 6.07) is 5.74. The van der Waals surface area contributed by atoms with E-state index in [-0.39, 0.29) is 0 Å². The second kappa shape index (κ2) is 4.49. The molecule has 0 saturated heterocycles. The first-order valence-corrected chi connectivity index (χ1v) is 4.48. The lowest BCUT2D eigenvalue weighted by molar-refractivity contribution is 0.399. The van der Waals surface area contributed by atoms with Crippen LogP contribution in [0.3, 0.4) is 0 Å². The van der Waals surface area contributed by atoms with Gasteiger partial charge in [-0.05, 0) is 31.8 Å². The van der Waals surface area contributed by atoms with Gasteiger partial charge < -0.3 is 9.64 Å². The van der Waals surface area contributed by atoms with E-state index in [0.29, 0.717) is 0 Å². The number of hydrogen-bond donors (Lipinski definition) is 0. The largest absolute Gasteiger partial charge is 0.497 e. The molecule has 0 bridgehead atoms. The van der Waals surface area contributed by atoms with Crippen LogP contribution in [0.2, 0.25) is 5.02 Å². The average Bonchev–Trinajstić information content (AvgIpc) is 2.08. The van der Waals surface area contributed by atoms with E-state index in [9.17, 15) is 0 Å². The van der Waals surface area contributed by atoms with Gasteiger partial charge in [-0.25, -0.2) is 0 Å². The Kier molecular flexibility index (Phi) is 3.58. The van der Waals surface area contributed by atoms with Gasteiger partial charge in [0.1, 0.15) is 5.75 Å². The van der Waals surface area contributed by atoms with Gasteiger partial charge in [0.05, 0.1) is 7.11 Å². The Morgan fingerprint density at radius 3 is 2.54 bits per heavy atom. The van der Waals surface area contributed by atoms with Crippen molar-refractivity contribution in [1.29, 1.82) is 0 Å². The molecule has 0 unspecified atom stereocenters. The zero-order valence-electron chi connectivity index (χ0n) is 8.17. The molecule has 0 aliphatic carbocycles. The highest BCUT2D eigenvalue weighted by Gasteiger charge is 2.02. The third-order valence-electron chi connectivity index (χ3n) is 1.75. The lowest BCUT2D eigenvalue weighted by atomic mass is 10.2. The Bertz CT molecular complexity index is 286. The maximum absolute atomic E-state index is 6.05. The number of ether oxygens (including phenoxy) is 1. The quantitative estimate of drug-likeness (QED) is 0.742. The number of nitrogens with zero attached hydrogens (tertiary/aromatic N) is 1. The van der Waals surface area contributed by atoms with Crippen LogP contribution < -0.4 is 4.74 Å². The monoisotopic (exact) mass is 199 g/mol. The second-order valence-corrected chi connectivity index (χ2v) is 3.60. The molecule has 0 N–H and O–H groups in total. The third-order valence-corrected chi connectivity index (χ3v) is 2.10. The molecule has 1 aromatic carbocycles. The summed E-state index contributed by atoms with van der Waals surface area (Å²) in [5.74, 6) is 0.799. The lowest BCUT2D eigenvalue weighted by Gasteiger charge is -2.11. The molecule has 0 saturated carbocycles. The number of halogens is 1. The summed E-state index contributed by atoms with van der Waals surface area (Å²) in [7, 11) is 5.67. The first kappa shape index (κ1) is 10.4. The zero-order valence-corrected chi connectivity index (χ0v) is 8.93. The van der Waals surface area contributed by atoms with Crippen molar-refractivity contribution < 1.29 is 4.74 Å². The first-order valence-electron chi connectivity index (χ1n) is 4.10. The van der Waals surface area contributed by atoms with Crippen LogP contribution in [0, 0.1) is 0 Å². The molecule has 0 aliphatic rings. The Hall–Kier alpha value is -0.730. The minimum atomic E-state index is 0.757. The average molecular weight is 200 g/mol. The van der Waals surface area contributed by atoms with Gasteiger partial charge in [-0.3, -0.25) is 0 Å². The molecule has 0 spiro atoms. The minimum Gasteiger partial charge on any atom is -0.497 e. The van der Waals surface area contributed by atoms with Gasteiger partial charge in [0.2, 0.25) is 0 Å². The van der Waals surface area contributed by atoms with Crippen molar-refractivity contribution in [3.05, 3.63) is 28.8 Å². The molecule has 0 aromatic heterocycles. The van der Waals surface area contributed by atoms with E-state index in [4.69, 9.17) is 16.3 Å². The van der Waals surface area contributed by atoms with Gasteiger partial charge >= 0.3 is 0 Å². The first-order chi connectivity index (χ1) is 6.13. The predicted molar refractivity (Wildman–Crippen MR) is 55.4 cm³/mol. The van der Waals surface area contributed by atoms with Crippen LogP contribution >= 0.6 is 11.6 Å². The third kappa shape index (κ3) is 2.90. The van der Waals surface area contributed by atoms with Crippen molar-refractivity contribution >= 4 is 11.6 Å². The highest BCUT2D eigenvalue weighted by atomic mass is 35.5. The molecule has 0 fully saturated rings. The molecule has 0 amide bonds.